The number of aromatic nitrogens is 2. The van der Waals surface area contributed by atoms with Crippen LogP contribution in [-0.2, 0) is 0 Å². The molecule has 0 aliphatic carbocycles. The van der Waals surface area contributed by atoms with Gasteiger partial charge in [-0.1, -0.05) is 19.9 Å². The number of anilines is 1. The average Bonchev–Trinajstić information content (AvgIpc) is 2.94. The summed E-state index contributed by atoms with van der Waals surface area (Å²) in [6.45, 7) is 7.79. The number of nitrogens with zero attached hydrogens (tertiary/aromatic N) is 3. The van der Waals surface area contributed by atoms with Crippen molar-refractivity contribution in [1.29, 1.82) is 0 Å². The highest BCUT2D eigenvalue weighted by Gasteiger charge is 2.15. The van der Waals surface area contributed by atoms with Gasteiger partial charge >= 0.3 is 0 Å². The van der Waals surface area contributed by atoms with E-state index >= 15 is 0 Å². The van der Waals surface area contributed by atoms with Gasteiger partial charge in [-0.25, -0.2) is 4.98 Å². The van der Waals surface area contributed by atoms with E-state index in [0.717, 1.165) is 48.0 Å². The maximum absolute atomic E-state index is 5.80. The predicted molar refractivity (Wildman–Crippen MR) is 93.6 cm³/mol. The lowest BCUT2D eigenvalue weighted by Gasteiger charge is -2.27. The molecular formula is C17H22N4S. The summed E-state index contributed by atoms with van der Waals surface area (Å²) >= 11 is 1.61. The van der Waals surface area contributed by atoms with Gasteiger partial charge in [-0.15, -0.1) is 11.3 Å². The SMILES string of the molecule is CC(C)CN1CC=C(c2cncc(-c3cc(N)cs3)n2)CC1. The number of nitrogens with two attached hydrogens (primary N) is 1. The number of hydrogen-bond donors (Lipinski definition) is 1. The Kier molecular flexibility index (Phi) is 4.55. The molecule has 0 unspecified atom stereocenters. The lowest BCUT2D eigenvalue weighted by Crippen LogP contribution is -2.31. The molecule has 0 bridgehead atoms. The molecule has 2 N–H and O–H groups in total. The number of hydrogen-bond acceptors (Lipinski definition) is 5. The minimum Gasteiger partial charge on any atom is -0.398 e. The van der Waals surface area contributed by atoms with Gasteiger partial charge in [-0.2, -0.15) is 0 Å². The van der Waals surface area contributed by atoms with Gasteiger partial charge in [0.1, 0.15) is 0 Å². The average molecular weight is 314 g/mol. The van der Waals surface area contributed by atoms with Crippen LogP contribution in [0.3, 0.4) is 0 Å². The number of thiophene rings is 1. The molecule has 2 aromatic heterocycles. The van der Waals surface area contributed by atoms with Crippen LogP contribution < -0.4 is 5.73 Å². The molecule has 0 spiro atoms. The highest BCUT2D eigenvalue weighted by atomic mass is 32.1. The summed E-state index contributed by atoms with van der Waals surface area (Å²) in [5.74, 6) is 0.711. The van der Waals surface area contributed by atoms with Crippen molar-refractivity contribution in [2.75, 3.05) is 25.4 Å². The third-order valence-electron chi connectivity index (χ3n) is 3.75. The predicted octanol–water partition coefficient (Wildman–Crippen LogP) is 3.53. The van der Waals surface area contributed by atoms with E-state index in [1.54, 1.807) is 11.3 Å². The molecule has 0 fully saturated rings. The van der Waals surface area contributed by atoms with E-state index in [2.05, 4.69) is 29.8 Å². The van der Waals surface area contributed by atoms with Crippen molar-refractivity contribution in [2.24, 2.45) is 5.92 Å². The van der Waals surface area contributed by atoms with Crippen LogP contribution in [-0.4, -0.2) is 34.5 Å². The van der Waals surface area contributed by atoms with Crippen molar-refractivity contribution in [2.45, 2.75) is 20.3 Å². The Morgan fingerprint density at radius 2 is 2.14 bits per heavy atom. The molecule has 0 atom stereocenters. The molecule has 116 valence electrons. The maximum atomic E-state index is 5.80. The summed E-state index contributed by atoms with van der Waals surface area (Å²) in [7, 11) is 0. The van der Waals surface area contributed by atoms with Crippen molar-refractivity contribution in [3.8, 4) is 10.6 Å². The Labute approximate surface area is 135 Å². The first-order valence-corrected chi connectivity index (χ1v) is 8.58. The zero-order chi connectivity index (χ0) is 15.5. The molecule has 5 heteroatoms. The van der Waals surface area contributed by atoms with Gasteiger partial charge in [0.15, 0.2) is 0 Å². The van der Waals surface area contributed by atoms with Gasteiger partial charge in [0.2, 0.25) is 0 Å². The Morgan fingerprint density at radius 3 is 2.77 bits per heavy atom. The quantitative estimate of drug-likeness (QED) is 0.938. The Balaban J connectivity index is 1.77. The van der Waals surface area contributed by atoms with E-state index in [1.807, 2.05) is 23.8 Å². The lowest BCUT2D eigenvalue weighted by atomic mass is 10.0. The lowest BCUT2D eigenvalue weighted by molar-refractivity contribution is 0.268. The van der Waals surface area contributed by atoms with Crippen LogP contribution in [0.25, 0.3) is 16.1 Å². The minimum absolute atomic E-state index is 0.711. The fourth-order valence-electron chi connectivity index (χ4n) is 2.75. The Morgan fingerprint density at radius 1 is 1.32 bits per heavy atom. The first-order valence-electron chi connectivity index (χ1n) is 7.70. The molecule has 3 heterocycles. The summed E-state index contributed by atoms with van der Waals surface area (Å²) in [5, 5.41) is 1.94. The summed E-state index contributed by atoms with van der Waals surface area (Å²) in [5.41, 5.74) is 9.79. The smallest absolute Gasteiger partial charge is 0.0992 e. The zero-order valence-corrected chi connectivity index (χ0v) is 13.9. The maximum Gasteiger partial charge on any atom is 0.0992 e. The van der Waals surface area contributed by atoms with Crippen molar-refractivity contribution < 1.29 is 0 Å². The number of rotatable bonds is 4. The van der Waals surface area contributed by atoms with Crippen molar-refractivity contribution in [3.63, 3.8) is 0 Å². The van der Waals surface area contributed by atoms with E-state index in [-0.39, 0.29) is 0 Å². The normalized spacial score (nSPS) is 16.0. The molecule has 0 saturated carbocycles. The van der Waals surface area contributed by atoms with Gasteiger partial charge < -0.3 is 5.73 Å². The summed E-state index contributed by atoms with van der Waals surface area (Å²) in [4.78, 5) is 12.7. The fraction of sp³-hybridized carbons (Fsp3) is 0.412. The standard InChI is InChI=1S/C17H22N4S/c1-12(2)10-21-5-3-13(4-6-21)15-8-19-9-16(20-15)17-7-14(18)11-22-17/h3,7-9,11-12H,4-6,10,18H2,1-2H3. The van der Waals surface area contributed by atoms with Crippen LogP contribution in [0, 0.1) is 5.92 Å². The summed E-state index contributed by atoms with van der Waals surface area (Å²) in [6, 6.07) is 1.96. The molecule has 4 nitrogen and oxygen atoms in total. The van der Waals surface area contributed by atoms with Crippen LogP contribution in [0.5, 0.6) is 0 Å². The van der Waals surface area contributed by atoms with Crippen molar-refractivity contribution >= 4 is 22.6 Å². The van der Waals surface area contributed by atoms with Crippen molar-refractivity contribution in [3.05, 3.63) is 35.6 Å². The molecule has 1 aliphatic heterocycles. The third kappa shape index (κ3) is 3.54. The molecule has 0 aromatic carbocycles. The van der Waals surface area contributed by atoms with Crippen LogP contribution in [0.1, 0.15) is 26.0 Å². The second kappa shape index (κ2) is 6.58. The van der Waals surface area contributed by atoms with Gasteiger partial charge in [-0.3, -0.25) is 9.88 Å². The van der Waals surface area contributed by atoms with E-state index in [1.165, 1.54) is 5.57 Å². The second-order valence-electron chi connectivity index (χ2n) is 6.17. The first kappa shape index (κ1) is 15.2. The molecule has 1 aliphatic rings. The monoisotopic (exact) mass is 314 g/mol. The van der Waals surface area contributed by atoms with Gasteiger partial charge in [0.25, 0.3) is 0 Å². The van der Waals surface area contributed by atoms with E-state index < -0.39 is 0 Å². The highest BCUT2D eigenvalue weighted by Crippen LogP contribution is 2.28. The van der Waals surface area contributed by atoms with Crippen LogP contribution in [0.15, 0.2) is 29.9 Å². The highest BCUT2D eigenvalue weighted by molar-refractivity contribution is 7.14. The van der Waals surface area contributed by atoms with Gasteiger partial charge in [-0.05, 0) is 24.0 Å². The fourth-order valence-corrected chi connectivity index (χ4v) is 3.51. The Hall–Kier alpha value is -1.72. The Bertz CT molecular complexity index is 675. The molecule has 3 rings (SSSR count). The molecule has 2 aromatic rings. The minimum atomic E-state index is 0.711. The van der Waals surface area contributed by atoms with Crippen LogP contribution in [0.4, 0.5) is 5.69 Å². The van der Waals surface area contributed by atoms with Crippen molar-refractivity contribution in [1.82, 2.24) is 14.9 Å². The van der Waals surface area contributed by atoms with Gasteiger partial charge in [0, 0.05) is 30.7 Å². The zero-order valence-electron chi connectivity index (χ0n) is 13.1. The topological polar surface area (TPSA) is 55.0 Å². The molecule has 0 radical (unpaired) electrons. The largest absolute Gasteiger partial charge is 0.398 e. The second-order valence-corrected chi connectivity index (χ2v) is 7.08. The first-order chi connectivity index (χ1) is 10.6. The third-order valence-corrected chi connectivity index (χ3v) is 4.72. The summed E-state index contributed by atoms with van der Waals surface area (Å²) < 4.78 is 0. The van der Waals surface area contributed by atoms with Gasteiger partial charge in [0.05, 0.1) is 28.7 Å². The molecule has 0 saturated heterocycles. The molecule has 0 amide bonds. The number of nitrogen functional groups attached to an aromatic ring is 1. The molecule has 22 heavy (non-hydrogen) atoms. The molecular weight excluding hydrogens is 292 g/mol. The van der Waals surface area contributed by atoms with E-state index in [4.69, 9.17) is 10.7 Å². The van der Waals surface area contributed by atoms with E-state index in [9.17, 15) is 0 Å². The summed E-state index contributed by atoms with van der Waals surface area (Å²) in [6.07, 6.45) is 7.01. The van der Waals surface area contributed by atoms with Crippen LogP contribution in [0.2, 0.25) is 0 Å². The van der Waals surface area contributed by atoms with E-state index in [0.29, 0.717) is 5.92 Å². The van der Waals surface area contributed by atoms with Crippen LogP contribution >= 0.6 is 11.3 Å².